The van der Waals surface area contributed by atoms with Gasteiger partial charge >= 0.3 is 0 Å². The van der Waals surface area contributed by atoms with Crippen LogP contribution >= 0.6 is 0 Å². The predicted molar refractivity (Wildman–Crippen MR) is 31.5 cm³/mol. The zero-order chi connectivity index (χ0) is 7.28. The molecule has 9 heavy (non-hydrogen) atoms. The summed E-state index contributed by atoms with van der Waals surface area (Å²) in [6.45, 7) is 2.82. The molecule has 1 N–H and O–H groups in total. The highest BCUT2D eigenvalue weighted by Gasteiger charge is 1.93. The van der Waals surface area contributed by atoms with Gasteiger partial charge in [0.15, 0.2) is 5.78 Å². The number of carbonyl (C=O) groups excluding carboxylic acids is 1. The van der Waals surface area contributed by atoms with Crippen molar-refractivity contribution in [3.63, 3.8) is 0 Å². The normalized spacial score (nSPS) is 11.1. The fourth-order valence-electron chi connectivity index (χ4n) is 0.235. The first-order valence-corrected chi connectivity index (χ1v) is 2.47. The van der Waals surface area contributed by atoms with Gasteiger partial charge in [-0.15, -0.1) is 0 Å². The van der Waals surface area contributed by atoms with E-state index >= 15 is 0 Å². The van der Waals surface area contributed by atoms with E-state index in [-0.39, 0.29) is 18.3 Å². The average Bonchev–Trinajstić information content (AvgIpc) is 1.83. The lowest BCUT2D eigenvalue weighted by Gasteiger charge is -1.97. The van der Waals surface area contributed by atoms with Crippen molar-refractivity contribution in [1.82, 2.24) is 0 Å². The fourth-order valence-corrected chi connectivity index (χ4v) is 0.235. The summed E-state index contributed by atoms with van der Waals surface area (Å²) < 4.78 is 4.60. The summed E-state index contributed by atoms with van der Waals surface area (Å²) in [6.07, 6.45) is 0. The molecule has 0 amide bonds. The van der Waals surface area contributed by atoms with Crippen LogP contribution in [0, 0.1) is 0 Å². The van der Waals surface area contributed by atoms with Crippen LogP contribution in [0.3, 0.4) is 0 Å². The Morgan fingerprint density at radius 1 is 1.67 bits per heavy atom. The average molecular weight is 131 g/mol. The van der Waals surface area contributed by atoms with E-state index in [9.17, 15) is 4.79 Å². The van der Waals surface area contributed by atoms with Crippen LogP contribution < -0.4 is 0 Å². The van der Waals surface area contributed by atoms with Crippen molar-refractivity contribution >= 4 is 11.7 Å². The third-order valence-electron chi connectivity index (χ3n) is 0.625. The van der Waals surface area contributed by atoms with Crippen LogP contribution in [0.5, 0.6) is 0 Å². The molecule has 0 saturated heterocycles. The lowest BCUT2D eigenvalue weighted by Crippen LogP contribution is -2.07. The van der Waals surface area contributed by atoms with Crippen molar-refractivity contribution in [2.45, 2.75) is 13.8 Å². The minimum absolute atomic E-state index is 0.0319. The topological polar surface area (TPSA) is 58.9 Å². The lowest BCUT2D eigenvalue weighted by molar-refractivity contribution is -0.119. The number of oxime groups is 1. The van der Waals surface area contributed by atoms with E-state index in [0.29, 0.717) is 0 Å². The van der Waals surface area contributed by atoms with Gasteiger partial charge in [-0.05, 0) is 6.92 Å². The molecule has 0 heterocycles. The number of hydrogen-bond acceptors (Lipinski definition) is 4. The molecule has 0 aliphatic carbocycles. The van der Waals surface area contributed by atoms with Crippen molar-refractivity contribution in [2.24, 2.45) is 5.16 Å². The highest BCUT2D eigenvalue weighted by molar-refractivity contribution is 5.80. The third-order valence-corrected chi connectivity index (χ3v) is 0.625. The molecule has 0 aromatic heterocycles. The van der Waals surface area contributed by atoms with E-state index in [1.165, 1.54) is 13.8 Å². The molecule has 0 aromatic carbocycles. The Bertz CT molecular complexity index is 130. The summed E-state index contributed by atoms with van der Waals surface area (Å²) in [5.74, 6) is 0.00296. The molecule has 0 fully saturated rings. The maximum atomic E-state index is 10.2. The minimum atomic E-state index is -0.0991. The highest BCUT2D eigenvalue weighted by atomic mass is 16.5. The van der Waals surface area contributed by atoms with Gasteiger partial charge in [-0.25, -0.2) is 0 Å². The zero-order valence-electron chi connectivity index (χ0n) is 5.42. The molecule has 0 bridgehead atoms. The van der Waals surface area contributed by atoms with Crippen LogP contribution in [-0.2, 0) is 9.53 Å². The molecule has 0 radical (unpaired) electrons. The number of nitrogens with zero attached hydrogens (tertiary/aromatic N) is 1. The summed E-state index contributed by atoms with van der Waals surface area (Å²) in [7, 11) is 0. The van der Waals surface area contributed by atoms with Crippen molar-refractivity contribution < 1.29 is 14.7 Å². The summed E-state index contributed by atoms with van der Waals surface area (Å²) in [5, 5.41) is 10.7. The monoisotopic (exact) mass is 131 g/mol. The number of rotatable bonds is 2. The molecule has 52 valence electrons. The molecule has 0 unspecified atom stereocenters. The van der Waals surface area contributed by atoms with Gasteiger partial charge in [0.25, 0.3) is 0 Å². The SMILES string of the molecule is CC(=O)COC(C)=NO. The van der Waals surface area contributed by atoms with Crippen LogP contribution in [0.15, 0.2) is 5.16 Å². The number of carbonyl (C=O) groups is 1. The van der Waals surface area contributed by atoms with Gasteiger partial charge in [0.05, 0.1) is 0 Å². The van der Waals surface area contributed by atoms with Crippen LogP contribution in [-0.4, -0.2) is 23.5 Å². The maximum absolute atomic E-state index is 10.2. The molecule has 0 aromatic rings. The number of ether oxygens (including phenoxy) is 1. The first kappa shape index (κ1) is 7.94. The molecule has 0 rings (SSSR count). The van der Waals surface area contributed by atoms with Gasteiger partial charge in [-0.2, -0.15) is 0 Å². The number of ketones is 1. The third kappa shape index (κ3) is 4.80. The van der Waals surface area contributed by atoms with Gasteiger partial charge in [0, 0.05) is 6.92 Å². The van der Waals surface area contributed by atoms with Gasteiger partial charge in [0.2, 0.25) is 5.90 Å². The second-order valence-corrected chi connectivity index (χ2v) is 1.61. The second-order valence-electron chi connectivity index (χ2n) is 1.61. The molecule has 0 aliphatic rings. The van der Waals surface area contributed by atoms with Crippen molar-refractivity contribution in [3.8, 4) is 0 Å². The number of Topliss-reactive ketones (excluding diaryl/α,β-unsaturated/α-hetero) is 1. The Morgan fingerprint density at radius 2 is 2.22 bits per heavy atom. The Morgan fingerprint density at radius 3 is 2.56 bits per heavy atom. The van der Waals surface area contributed by atoms with Crippen LogP contribution in [0.1, 0.15) is 13.8 Å². The summed E-state index contributed by atoms with van der Waals surface area (Å²) >= 11 is 0. The second kappa shape index (κ2) is 3.88. The van der Waals surface area contributed by atoms with Gasteiger partial charge in [0.1, 0.15) is 6.61 Å². The number of hydrogen-bond donors (Lipinski definition) is 1. The molecular weight excluding hydrogens is 122 g/mol. The Hall–Kier alpha value is -1.06. The summed E-state index contributed by atoms with van der Waals surface area (Å²) in [4.78, 5) is 10.2. The predicted octanol–water partition coefficient (Wildman–Crippen LogP) is 0.400. The summed E-state index contributed by atoms with van der Waals surface area (Å²) in [6, 6.07) is 0. The van der Waals surface area contributed by atoms with Crippen LogP contribution in [0.2, 0.25) is 0 Å². The Balaban J connectivity index is 3.39. The van der Waals surface area contributed by atoms with E-state index in [2.05, 4.69) is 9.89 Å². The van der Waals surface area contributed by atoms with Crippen molar-refractivity contribution in [2.75, 3.05) is 6.61 Å². The molecule has 0 aliphatic heterocycles. The van der Waals surface area contributed by atoms with Crippen LogP contribution in [0.25, 0.3) is 0 Å². The van der Waals surface area contributed by atoms with E-state index < -0.39 is 0 Å². The van der Waals surface area contributed by atoms with Crippen LogP contribution in [0.4, 0.5) is 0 Å². The fraction of sp³-hybridized carbons (Fsp3) is 0.600. The minimum Gasteiger partial charge on any atom is -0.471 e. The molecule has 0 atom stereocenters. The molecule has 0 saturated carbocycles. The molecular formula is C5H9NO3. The lowest BCUT2D eigenvalue weighted by atomic mass is 10.5. The van der Waals surface area contributed by atoms with Crippen molar-refractivity contribution in [3.05, 3.63) is 0 Å². The van der Waals surface area contributed by atoms with Gasteiger partial charge in [-0.1, -0.05) is 5.16 Å². The quantitative estimate of drug-likeness (QED) is 0.255. The first-order valence-electron chi connectivity index (χ1n) is 2.47. The van der Waals surface area contributed by atoms with E-state index in [1.807, 2.05) is 0 Å². The van der Waals surface area contributed by atoms with Crippen molar-refractivity contribution in [1.29, 1.82) is 0 Å². The van der Waals surface area contributed by atoms with E-state index in [1.54, 1.807) is 0 Å². The van der Waals surface area contributed by atoms with Gasteiger partial charge in [-0.3, -0.25) is 4.79 Å². The summed E-state index contributed by atoms with van der Waals surface area (Å²) in [5.41, 5.74) is 0. The van der Waals surface area contributed by atoms with Gasteiger partial charge < -0.3 is 9.94 Å². The molecule has 4 heteroatoms. The first-order chi connectivity index (χ1) is 4.16. The Kier molecular flexibility index (Phi) is 3.43. The van der Waals surface area contributed by atoms with E-state index in [0.717, 1.165) is 0 Å². The smallest absolute Gasteiger partial charge is 0.222 e. The molecule has 0 spiro atoms. The molecule has 4 nitrogen and oxygen atoms in total. The maximum Gasteiger partial charge on any atom is 0.222 e. The highest BCUT2D eigenvalue weighted by Crippen LogP contribution is 1.79. The zero-order valence-corrected chi connectivity index (χ0v) is 5.42. The standard InChI is InChI=1S/C5H9NO3/c1-4(7)3-9-5(2)6-8/h8H,3H2,1-2H3. The van der Waals surface area contributed by atoms with E-state index in [4.69, 9.17) is 5.21 Å². The Labute approximate surface area is 53.1 Å². The largest absolute Gasteiger partial charge is 0.471 e.